The van der Waals surface area contributed by atoms with Gasteiger partial charge in [-0.2, -0.15) is 0 Å². The molecule has 0 aliphatic heterocycles. The molecule has 34 heavy (non-hydrogen) atoms. The number of benzene rings is 2. The predicted molar refractivity (Wildman–Crippen MR) is 122 cm³/mol. The second kappa shape index (κ2) is 10.5. The summed E-state index contributed by atoms with van der Waals surface area (Å²) in [6.45, 7) is 2.26. The van der Waals surface area contributed by atoms with Crippen LogP contribution >= 0.6 is 0 Å². The summed E-state index contributed by atoms with van der Waals surface area (Å²) < 4.78 is 61.0. The minimum atomic E-state index is -4.97. The Kier molecular flexibility index (Phi) is 7.68. The number of esters is 1. The molecule has 186 valence electrons. The third-order valence-corrected chi connectivity index (χ3v) is 7.69. The van der Waals surface area contributed by atoms with Crippen molar-refractivity contribution >= 4 is 16.7 Å². The lowest BCUT2D eigenvalue weighted by molar-refractivity contribution is -0.275. The Morgan fingerprint density at radius 2 is 1.59 bits per heavy atom. The van der Waals surface area contributed by atoms with E-state index < -0.39 is 17.9 Å². The Bertz CT molecular complexity index is 987. The molecule has 2 aromatic rings. The number of hydrogen-bond acceptors (Lipinski definition) is 3. The van der Waals surface area contributed by atoms with Crippen molar-refractivity contribution in [3.05, 3.63) is 36.1 Å². The molecule has 2 aliphatic rings. The number of carbonyl (C=O) groups excluding carboxylic acids is 1. The summed E-state index contributed by atoms with van der Waals surface area (Å²) >= 11 is 0. The number of halogens is 4. The second-order valence-electron chi connectivity index (χ2n) is 9.91. The predicted octanol–water partition coefficient (Wildman–Crippen LogP) is 8.20. The number of ether oxygens (including phenoxy) is 2. The van der Waals surface area contributed by atoms with Crippen LogP contribution in [-0.4, -0.2) is 12.3 Å². The van der Waals surface area contributed by atoms with Gasteiger partial charge in [0.05, 0.1) is 5.92 Å². The maximum absolute atomic E-state index is 14.4. The molecule has 0 unspecified atom stereocenters. The van der Waals surface area contributed by atoms with Crippen molar-refractivity contribution in [3.8, 4) is 11.5 Å². The van der Waals surface area contributed by atoms with Crippen molar-refractivity contribution in [2.45, 2.75) is 77.5 Å². The summed E-state index contributed by atoms with van der Waals surface area (Å²) in [7, 11) is 0. The van der Waals surface area contributed by atoms with Gasteiger partial charge in [0.1, 0.15) is 5.75 Å². The summed E-state index contributed by atoms with van der Waals surface area (Å²) in [6.07, 6.45) is 6.68. The highest BCUT2D eigenvalue weighted by molar-refractivity contribution is 5.87. The molecule has 3 nitrogen and oxygen atoms in total. The van der Waals surface area contributed by atoms with E-state index in [-0.39, 0.29) is 23.0 Å². The van der Waals surface area contributed by atoms with Crippen LogP contribution in [0.15, 0.2) is 30.3 Å². The normalized spacial score (nSPS) is 25.8. The first-order chi connectivity index (χ1) is 16.2. The molecule has 0 heterocycles. The number of alkyl halides is 3. The molecular formula is C27H32F4O3. The third kappa shape index (κ3) is 6.02. The van der Waals surface area contributed by atoms with E-state index in [1.165, 1.54) is 62.8 Å². The Morgan fingerprint density at radius 1 is 0.941 bits per heavy atom. The smallest absolute Gasteiger partial charge is 0.426 e. The van der Waals surface area contributed by atoms with Crippen molar-refractivity contribution in [1.82, 2.24) is 0 Å². The highest BCUT2D eigenvalue weighted by Crippen LogP contribution is 2.42. The van der Waals surface area contributed by atoms with Crippen LogP contribution in [0.4, 0.5) is 17.6 Å². The van der Waals surface area contributed by atoms with Crippen LogP contribution in [0.25, 0.3) is 10.8 Å². The molecule has 4 rings (SSSR count). The van der Waals surface area contributed by atoms with E-state index in [1.807, 2.05) is 0 Å². The zero-order valence-corrected chi connectivity index (χ0v) is 19.5. The van der Waals surface area contributed by atoms with E-state index in [1.54, 1.807) is 0 Å². The van der Waals surface area contributed by atoms with Gasteiger partial charge in [0.15, 0.2) is 11.6 Å². The monoisotopic (exact) mass is 480 g/mol. The quantitative estimate of drug-likeness (QED) is 0.237. The lowest BCUT2D eigenvalue weighted by Gasteiger charge is -2.37. The second-order valence-corrected chi connectivity index (χ2v) is 9.91. The number of hydrogen-bond donors (Lipinski definition) is 0. The molecule has 0 atom stereocenters. The summed E-state index contributed by atoms with van der Waals surface area (Å²) in [5, 5.41) is 0.301. The zero-order valence-electron chi connectivity index (χ0n) is 19.5. The summed E-state index contributed by atoms with van der Waals surface area (Å²) in [4.78, 5) is 12.7. The molecule has 7 heteroatoms. The van der Waals surface area contributed by atoms with Crippen LogP contribution in [0.5, 0.6) is 11.5 Å². The summed E-state index contributed by atoms with van der Waals surface area (Å²) in [6, 6.07) is 6.42. The third-order valence-electron chi connectivity index (χ3n) is 7.69. The largest absolute Gasteiger partial charge is 0.573 e. The standard InChI is InChI=1S/C27H32F4O3/c1-2-3-17-4-6-18(7-5-17)19-8-10-20(11-9-19)26(32)33-22-13-14-23-21(16-22)12-15-24(25(23)28)34-27(29,30)31/h12-20H,2-11H2,1H3. The average Bonchev–Trinajstić information content (AvgIpc) is 2.81. The van der Waals surface area contributed by atoms with Gasteiger partial charge in [-0.3, -0.25) is 4.79 Å². The van der Waals surface area contributed by atoms with Crippen LogP contribution in [0.1, 0.15) is 71.1 Å². The molecule has 0 spiro atoms. The van der Waals surface area contributed by atoms with Gasteiger partial charge in [0.25, 0.3) is 0 Å². The van der Waals surface area contributed by atoms with Gasteiger partial charge in [-0.1, -0.05) is 38.7 Å². The fourth-order valence-electron chi connectivity index (χ4n) is 5.90. The molecule has 0 radical (unpaired) electrons. The van der Waals surface area contributed by atoms with Gasteiger partial charge in [-0.15, -0.1) is 13.2 Å². The van der Waals surface area contributed by atoms with Gasteiger partial charge < -0.3 is 9.47 Å². The van der Waals surface area contributed by atoms with Crippen molar-refractivity contribution in [3.63, 3.8) is 0 Å². The van der Waals surface area contributed by atoms with Gasteiger partial charge in [-0.05, 0) is 85.9 Å². The van der Waals surface area contributed by atoms with Gasteiger partial charge in [0, 0.05) is 5.39 Å². The minimum absolute atomic E-state index is 0.0317. The topological polar surface area (TPSA) is 35.5 Å². The maximum Gasteiger partial charge on any atom is 0.573 e. The first-order valence-corrected chi connectivity index (χ1v) is 12.4. The van der Waals surface area contributed by atoms with E-state index >= 15 is 0 Å². The van der Waals surface area contributed by atoms with E-state index in [0.717, 1.165) is 43.6 Å². The van der Waals surface area contributed by atoms with E-state index in [0.29, 0.717) is 11.3 Å². The van der Waals surface area contributed by atoms with Crippen LogP contribution < -0.4 is 9.47 Å². The average molecular weight is 481 g/mol. The van der Waals surface area contributed by atoms with Crippen LogP contribution in [-0.2, 0) is 4.79 Å². The Labute approximate surface area is 197 Å². The van der Waals surface area contributed by atoms with E-state index in [2.05, 4.69) is 11.7 Å². The lowest BCUT2D eigenvalue weighted by atomic mass is 9.69. The molecule has 0 bridgehead atoms. The molecule has 0 N–H and O–H groups in total. The van der Waals surface area contributed by atoms with Crippen LogP contribution in [0, 0.1) is 29.5 Å². The molecule has 2 fully saturated rings. The van der Waals surface area contributed by atoms with Crippen molar-refractivity contribution in [2.24, 2.45) is 23.7 Å². The molecule has 0 aromatic heterocycles. The van der Waals surface area contributed by atoms with Gasteiger partial charge in [0.2, 0.25) is 0 Å². The number of rotatable bonds is 6. The Morgan fingerprint density at radius 3 is 2.21 bits per heavy atom. The summed E-state index contributed by atoms with van der Waals surface area (Å²) in [5.41, 5.74) is 0. The van der Waals surface area contributed by atoms with Gasteiger partial charge >= 0.3 is 12.3 Å². The molecule has 0 amide bonds. The maximum atomic E-state index is 14.4. The van der Waals surface area contributed by atoms with E-state index in [9.17, 15) is 22.4 Å². The molecule has 2 aliphatic carbocycles. The molecular weight excluding hydrogens is 448 g/mol. The first kappa shape index (κ1) is 24.8. The minimum Gasteiger partial charge on any atom is -0.426 e. The molecule has 2 aromatic carbocycles. The molecule has 0 saturated heterocycles. The van der Waals surface area contributed by atoms with E-state index in [4.69, 9.17) is 4.74 Å². The first-order valence-electron chi connectivity index (χ1n) is 12.4. The highest BCUT2D eigenvalue weighted by atomic mass is 19.4. The molecule has 2 saturated carbocycles. The van der Waals surface area contributed by atoms with Crippen LogP contribution in [0.2, 0.25) is 0 Å². The van der Waals surface area contributed by atoms with Crippen LogP contribution in [0.3, 0.4) is 0 Å². The Balaban J connectivity index is 1.32. The number of fused-ring (bicyclic) bond motifs is 1. The SMILES string of the molecule is CCCC1CCC(C2CCC(C(=O)Oc3ccc4c(F)c(OC(F)(F)F)ccc4c3)CC2)CC1. The Hall–Kier alpha value is -2.31. The zero-order chi connectivity index (χ0) is 24.3. The lowest BCUT2D eigenvalue weighted by Crippen LogP contribution is -2.30. The highest BCUT2D eigenvalue weighted by Gasteiger charge is 2.34. The van der Waals surface area contributed by atoms with Gasteiger partial charge in [-0.25, -0.2) is 4.39 Å². The number of carbonyl (C=O) groups is 1. The van der Waals surface area contributed by atoms with Crippen molar-refractivity contribution in [2.75, 3.05) is 0 Å². The van der Waals surface area contributed by atoms with Crippen molar-refractivity contribution < 1.29 is 31.8 Å². The fraction of sp³-hybridized carbons (Fsp3) is 0.593. The summed E-state index contributed by atoms with van der Waals surface area (Å²) in [5.74, 6) is 0.208. The van der Waals surface area contributed by atoms with Crippen molar-refractivity contribution in [1.29, 1.82) is 0 Å². The fourth-order valence-corrected chi connectivity index (χ4v) is 5.90.